The Morgan fingerprint density at radius 1 is 1.25 bits per heavy atom. The van der Waals surface area contributed by atoms with Gasteiger partial charge in [-0.1, -0.05) is 31.5 Å². The molecule has 2 rings (SSSR count). The third-order valence-electron chi connectivity index (χ3n) is 2.94. The quantitative estimate of drug-likeness (QED) is 0.819. The second-order valence-electron chi connectivity index (χ2n) is 4.32. The molecular weight excluding hydrogens is 196 g/mol. The molecule has 0 unspecified atom stereocenters. The molecule has 2 nitrogen and oxygen atoms in total. The van der Waals surface area contributed by atoms with E-state index in [0.717, 1.165) is 25.2 Å². The number of amidine groups is 1. The Morgan fingerprint density at radius 3 is 2.88 bits per heavy atom. The molecule has 0 spiro atoms. The fourth-order valence-electron chi connectivity index (χ4n) is 2.08. The standard InChI is InChI=1S/C14H20N2/c1-2-7-12-8-3-4-9-13(12)16-14-10-5-6-11-15-14/h3-4,8-9H,2,5-7,10-11H2,1H3,(H,15,16). The third kappa shape index (κ3) is 2.84. The summed E-state index contributed by atoms with van der Waals surface area (Å²) in [5.41, 5.74) is 2.64. The van der Waals surface area contributed by atoms with Crippen LogP contribution in [0.1, 0.15) is 38.2 Å². The second kappa shape index (κ2) is 5.69. The lowest BCUT2D eigenvalue weighted by Crippen LogP contribution is -2.17. The number of benzene rings is 1. The van der Waals surface area contributed by atoms with Crippen LogP contribution in [0, 0.1) is 0 Å². The zero-order chi connectivity index (χ0) is 11.2. The Hall–Kier alpha value is -1.31. The summed E-state index contributed by atoms with van der Waals surface area (Å²) in [6, 6.07) is 8.56. The van der Waals surface area contributed by atoms with Crippen LogP contribution in [0.3, 0.4) is 0 Å². The predicted molar refractivity (Wildman–Crippen MR) is 70.2 cm³/mol. The molecule has 1 aliphatic rings. The molecule has 0 radical (unpaired) electrons. The van der Waals surface area contributed by atoms with Crippen LogP contribution in [0.15, 0.2) is 29.3 Å². The Balaban J connectivity index is 2.10. The van der Waals surface area contributed by atoms with E-state index in [1.165, 1.54) is 30.5 Å². The Bertz CT molecular complexity index is 369. The van der Waals surface area contributed by atoms with Crippen LogP contribution in [0.4, 0.5) is 5.69 Å². The minimum Gasteiger partial charge on any atom is -0.344 e. The number of nitrogens with zero attached hydrogens (tertiary/aromatic N) is 1. The van der Waals surface area contributed by atoms with E-state index in [0.29, 0.717) is 0 Å². The molecule has 2 heteroatoms. The number of aryl methyl sites for hydroxylation is 1. The minimum absolute atomic E-state index is 0.984. The van der Waals surface area contributed by atoms with Crippen molar-refractivity contribution in [2.45, 2.75) is 39.0 Å². The van der Waals surface area contributed by atoms with Crippen LogP contribution < -0.4 is 5.32 Å². The fraction of sp³-hybridized carbons (Fsp3) is 0.500. The molecule has 0 aliphatic carbocycles. The molecule has 1 aliphatic heterocycles. The SMILES string of the molecule is CCCc1ccccc1NC1=NCCCC1. The van der Waals surface area contributed by atoms with Gasteiger partial charge in [0.05, 0.1) is 0 Å². The van der Waals surface area contributed by atoms with Crippen molar-refractivity contribution in [2.24, 2.45) is 4.99 Å². The number of aliphatic imine (C=N–C) groups is 1. The van der Waals surface area contributed by atoms with Crippen molar-refractivity contribution in [3.8, 4) is 0 Å². The number of rotatable bonds is 3. The summed E-state index contributed by atoms with van der Waals surface area (Å²) in [7, 11) is 0. The monoisotopic (exact) mass is 216 g/mol. The lowest BCUT2D eigenvalue weighted by atomic mass is 10.1. The van der Waals surface area contributed by atoms with Gasteiger partial charge in [0.2, 0.25) is 0 Å². The van der Waals surface area contributed by atoms with Gasteiger partial charge in [-0.2, -0.15) is 0 Å². The minimum atomic E-state index is 0.984. The van der Waals surface area contributed by atoms with E-state index in [4.69, 9.17) is 0 Å². The number of hydrogen-bond acceptors (Lipinski definition) is 2. The smallest absolute Gasteiger partial charge is 0.101 e. The highest BCUT2D eigenvalue weighted by atomic mass is 15.0. The summed E-state index contributed by atoms with van der Waals surface area (Å²) >= 11 is 0. The molecule has 1 heterocycles. The van der Waals surface area contributed by atoms with Gasteiger partial charge in [-0.15, -0.1) is 0 Å². The maximum atomic E-state index is 4.53. The molecule has 0 saturated heterocycles. The summed E-state index contributed by atoms with van der Waals surface area (Å²) < 4.78 is 0. The van der Waals surface area contributed by atoms with Crippen LogP contribution in [-0.2, 0) is 6.42 Å². The number of hydrogen-bond donors (Lipinski definition) is 1. The lowest BCUT2D eigenvalue weighted by molar-refractivity contribution is 0.736. The average Bonchev–Trinajstić information content (AvgIpc) is 2.33. The van der Waals surface area contributed by atoms with Crippen molar-refractivity contribution >= 4 is 11.5 Å². The fourth-order valence-corrected chi connectivity index (χ4v) is 2.08. The summed E-state index contributed by atoms with van der Waals surface area (Å²) in [6.45, 7) is 3.20. The molecule has 16 heavy (non-hydrogen) atoms. The van der Waals surface area contributed by atoms with E-state index in [9.17, 15) is 0 Å². The van der Waals surface area contributed by atoms with E-state index in [1.807, 2.05) is 0 Å². The van der Waals surface area contributed by atoms with Crippen LogP contribution in [-0.4, -0.2) is 12.4 Å². The Kier molecular flexibility index (Phi) is 3.97. The summed E-state index contributed by atoms with van der Waals surface area (Å²) in [6.07, 6.45) is 5.92. The highest BCUT2D eigenvalue weighted by Gasteiger charge is 2.07. The molecular formula is C14H20N2. The molecule has 86 valence electrons. The number of para-hydroxylation sites is 1. The van der Waals surface area contributed by atoms with E-state index in [2.05, 4.69) is 41.5 Å². The first-order valence-electron chi connectivity index (χ1n) is 6.28. The highest BCUT2D eigenvalue weighted by Crippen LogP contribution is 2.18. The molecule has 0 atom stereocenters. The van der Waals surface area contributed by atoms with Gasteiger partial charge in [0.25, 0.3) is 0 Å². The van der Waals surface area contributed by atoms with E-state index in [-0.39, 0.29) is 0 Å². The Morgan fingerprint density at radius 2 is 2.12 bits per heavy atom. The van der Waals surface area contributed by atoms with Gasteiger partial charge in [0, 0.05) is 18.7 Å². The molecule has 0 bridgehead atoms. The van der Waals surface area contributed by atoms with Gasteiger partial charge >= 0.3 is 0 Å². The average molecular weight is 216 g/mol. The first kappa shape index (κ1) is 11.2. The maximum Gasteiger partial charge on any atom is 0.101 e. The van der Waals surface area contributed by atoms with Crippen LogP contribution in [0.2, 0.25) is 0 Å². The number of anilines is 1. The van der Waals surface area contributed by atoms with Crippen LogP contribution in [0.25, 0.3) is 0 Å². The molecule has 1 N–H and O–H groups in total. The van der Waals surface area contributed by atoms with E-state index >= 15 is 0 Å². The molecule has 1 aromatic carbocycles. The van der Waals surface area contributed by atoms with Crippen molar-refractivity contribution in [2.75, 3.05) is 11.9 Å². The van der Waals surface area contributed by atoms with Gasteiger partial charge in [-0.3, -0.25) is 4.99 Å². The zero-order valence-electron chi connectivity index (χ0n) is 10.00. The Labute approximate surface area is 97.8 Å². The van der Waals surface area contributed by atoms with Gasteiger partial charge in [-0.25, -0.2) is 0 Å². The first-order chi connectivity index (χ1) is 7.90. The van der Waals surface area contributed by atoms with Gasteiger partial charge in [-0.05, 0) is 30.9 Å². The van der Waals surface area contributed by atoms with Crippen molar-refractivity contribution in [1.29, 1.82) is 0 Å². The summed E-state index contributed by atoms with van der Waals surface area (Å²) in [4.78, 5) is 4.53. The normalized spacial score (nSPS) is 15.7. The van der Waals surface area contributed by atoms with Crippen molar-refractivity contribution in [3.63, 3.8) is 0 Å². The van der Waals surface area contributed by atoms with Crippen LogP contribution in [0.5, 0.6) is 0 Å². The van der Waals surface area contributed by atoms with E-state index < -0.39 is 0 Å². The second-order valence-corrected chi connectivity index (χ2v) is 4.32. The third-order valence-corrected chi connectivity index (χ3v) is 2.94. The first-order valence-corrected chi connectivity index (χ1v) is 6.28. The summed E-state index contributed by atoms with van der Waals surface area (Å²) in [5, 5.41) is 3.48. The summed E-state index contributed by atoms with van der Waals surface area (Å²) in [5.74, 6) is 1.16. The number of nitrogens with one attached hydrogen (secondary N) is 1. The van der Waals surface area contributed by atoms with Gasteiger partial charge in [0.1, 0.15) is 5.84 Å². The highest BCUT2D eigenvalue weighted by molar-refractivity contribution is 5.96. The van der Waals surface area contributed by atoms with Crippen LogP contribution >= 0.6 is 0 Å². The molecule has 0 saturated carbocycles. The lowest BCUT2D eigenvalue weighted by Gasteiger charge is -2.16. The van der Waals surface area contributed by atoms with Crippen molar-refractivity contribution in [3.05, 3.63) is 29.8 Å². The predicted octanol–water partition coefficient (Wildman–Crippen LogP) is 3.63. The topological polar surface area (TPSA) is 24.4 Å². The largest absolute Gasteiger partial charge is 0.344 e. The molecule has 0 aromatic heterocycles. The molecule has 0 fully saturated rings. The van der Waals surface area contributed by atoms with Crippen molar-refractivity contribution in [1.82, 2.24) is 0 Å². The zero-order valence-corrected chi connectivity index (χ0v) is 10.00. The molecule has 1 aromatic rings. The van der Waals surface area contributed by atoms with E-state index in [1.54, 1.807) is 0 Å². The van der Waals surface area contributed by atoms with Crippen molar-refractivity contribution < 1.29 is 0 Å². The van der Waals surface area contributed by atoms with Gasteiger partial charge < -0.3 is 5.32 Å². The maximum absolute atomic E-state index is 4.53. The molecule has 0 amide bonds. The van der Waals surface area contributed by atoms with Gasteiger partial charge in [0.15, 0.2) is 0 Å².